The third-order valence-corrected chi connectivity index (χ3v) is 4.59. The lowest BCUT2D eigenvalue weighted by Crippen LogP contribution is -2.50. The molecule has 0 spiro atoms. The van der Waals surface area contributed by atoms with Crippen molar-refractivity contribution in [3.8, 4) is 0 Å². The molecule has 0 bridgehead atoms. The average Bonchev–Trinajstić information content (AvgIpc) is 2.75. The topological polar surface area (TPSA) is 18.5 Å². The average molecular weight is 255 g/mol. The minimum Gasteiger partial charge on any atom is -0.315 e. The number of hydrogen-bond acceptors (Lipinski definition) is 3. The van der Waals surface area contributed by atoms with Crippen molar-refractivity contribution >= 4 is 0 Å². The lowest BCUT2D eigenvalue weighted by Gasteiger charge is -2.36. The first-order valence-electron chi connectivity index (χ1n) is 7.71. The maximum absolute atomic E-state index is 3.52. The van der Waals surface area contributed by atoms with Gasteiger partial charge in [0.15, 0.2) is 0 Å². The third-order valence-electron chi connectivity index (χ3n) is 4.59. The Morgan fingerprint density at radius 1 is 1.39 bits per heavy atom. The second-order valence-corrected chi connectivity index (χ2v) is 5.88. The van der Waals surface area contributed by atoms with E-state index in [9.17, 15) is 0 Å². The Balaban J connectivity index is 2.51. The molecule has 0 amide bonds. The predicted octanol–water partition coefficient (Wildman–Crippen LogP) is 2.18. The zero-order valence-corrected chi connectivity index (χ0v) is 13.1. The van der Waals surface area contributed by atoms with Gasteiger partial charge in [0, 0.05) is 24.7 Å². The van der Waals surface area contributed by atoms with Gasteiger partial charge in [0.05, 0.1) is 0 Å². The van der Waals surface area contributed by atoms with Crippen LogP contribution in [-0.4, -0.2) is 62.2 Å². The largest absolute Gasteiger partial charge is 0.315 e. The van der Waals surface area contributed by atoms with Crippen molar-refractivity contribution in [2.45, 2.75) is 64.1 Å². The minimum atomic E-state index is 0.636. The van der Waals surface area contributed by atoms with E-state index in [-0.39, 0.29) is 0 Å². The van der Waals surface area contributed by atoms with Crippen LogP contribution in [0, 0.1) is 0 Å². The van der Waals surface area contributed by atoms with Crippen molar-refractivity contribution < 1.29 is 0 Å². The van der Waals surface area contributed by atoms with Crippen LogP contribution in [0.3, 0.4) is 0 Å². The second-order valence-electron chi connectivity index (χ2n) is 5.88. The van der Waals surface area contributed by atoms with Gasteiger partial charge in [-0.05, 0) is 53.4 Å². The molecule has 0 radical (unpaired) electrons. The number of rotatable bonds is 8. The Bertz CT molecular complexity index is 220. The lowest BCUT2D eigenvalue weighted by molar-refractivity contribution is 0.143. The van der Waals surface area contributed by atoms with Crippen molar-refractivity contribution in [3.63, 3.8) is 0 Å². The fourth-order valence-corrected chi connectivity index (χ4v) is 3.42. The normalized spacial score (nSPS) is 24.7. The summed E-state index contributed by atoms with van der Waals surface area (Å²) in [5.41, 5.74) is 0. The van der Waals surface area contributed by atoms with Gasteiger partial charge in [0.2, 0.25) is 0 Å². The number of likely N-dealkylation sites (N-methyl/N-ethyl adjacent to an activating group) is 3. The molecular formula is C15H33N3. The molecule has 18 heavy (non-hydrogen) atoms. The van der Waals surface area contributed by atoms with E-state index in [0.29, 0.717) is 12.1 Å². The first-order chi connectivity index (χ1) is 8.63. The number of hydrogen-bond donors (Lipinski definition) is 1. The SMILES string of the molecule is CCCC(NC)C(CC)N(C)CC1CCCN1C. The zero-order chi connectivity index (χ0) is 13.5. The Morgan fingerprint density at radius 2 is 2.11 bits per heavy atom. The Morgan fingerprint density at radius 3 is 2.56 bits per heavy atom. The van der Waals surface area contributed by atoms with Crippen LogP contribution in [0.15, 0.2) is 0 Å². The summed E-state index contributed by atoms with van der Waals surface area (Å²) in [4.78, 5) is 5.11. The van der Waals surface area contributed by atoms with Crippen LogP contribution < -0.4 is 5.32 Å². The summed E-state index contributed by atoms with van der Waals surface area (Å²) < 4.78 is 0. The number of likely N-dealkylation sites (tertiary alicyclic amines) is 1. The van der Waals surface area contributed by atoms with Gasteiger partial charge >= 0.3 is 0 Å². The summed E-state index contributed by atoms with van der Waals surface area (Å²) in [6.45, 7) is 7.10. The molecule has 0 aromatic heterocycles. The molecule has 3 heteroatoms. The third kappa shape index (κ3) is 4.22. The van der Waals surface area contributed by atoms with Gasteiger partial charge in [-0.25, -0.2) is 0 Å². The second kappa shape index (κ2) is 8.13. The highest BCUT2D eigenvalue weighted by Crippen LogP contribution is 2.19. The van der Waals surface area contributed by atoms with E-state index >= 15 is 0 Å². The molecule has 0 aromatic rings. The molecule has 1 aliphatic heterocycles. The van der Waals surface area contributed by atoms with Crippen molar-refractivity contribution in [3.05, 3.63) is 0 Å². The summed E-state index contributed by atoms with van der Waals surface area (Å²) in [6.07, 6.45) is 6.52. The fourth-order valence-electron chi connectivity index (χ4n) is 3.42. The molecule has 1 N–H and O–H groups in total. The Labute approximate surface area is 114 Å². The van der Waals surface area contributed by atoms with Gasteiger partial charge in [-0.15, -0.1) is 0 Å². The molecule has 0 saturated carbocycles. The molecule has 3 unspecified atom stereocenters. The molecule has 0 aliphatic carbocycles. The van der Waals surface area contributed by atoms with Crippen LogP contribution in [0.25, 0.3) is 0 Å². The van der Waals surface area contributed by atoms with Gasteiger partial charge in [-0.1, -0.05) is 20.3 Å². The first-order valence-corrected chi connectivity index (χ1v) is 7.71. The maximum atomic E-state index is 3.52. The highest BCUT2D eigenvalue weighted by molar-refractivity contribution is 4.85. The van der Waals surface area contributed by atoms with Crippen molar-refractivity contribution in [2.75, 3.05) is 34.2 Å². The number of nitrogens with zero attached hydrogens (tertiary/aromatic N) is 2. The van der Waals surface area contributed by atoms with Crippen LogP contribution >= 0.6 is 0 Å². The van der Waals surface area contributed by atoms with E-state index in [1.807, 2.05) is 0 Å². The molecule has 1 fully saturated rings. The van der Waals surface area contributed by atoms with Crippen molar-refractivity contribution in [1.29, 1.82) is 0 Å². The Kier molecular flexibility index (Phi) is 7.20. The van der Waals surface area contributed by atoms with E-state index in [4.69, 9.17) is 0 Å². The smallest absolute Gasteiger partial charge is 0.0244 e. The summed E-state index contributed by atoms with van der Waals surface area (Å²) in [5, 5.41) is 3.52. The fraction of sp³-hybridized carbons (Fsp3) is 1.00. The molecule has 1 heterocycles. The van der Waals surface area contributed by atoms with Gasteiger partial charge in [0.25, 0.3) is 0 Å². The molecule has 0 aromatic carbocycles. The van der Waals surface area contributed by atoms with Crippen molar-refractivity contribution in [1.82, 2.24) is 15.1 Å². The highest BCUT2D eigenvalue weighted by Gasteiger charge is 2.27. The summed E-state index contributed by atoms with van der Waals surface area (Å²) >= 11 is 0. The highest BCUT2D eigenvalue weighted by atomic mass is 15.2. The molecule has 1 rings (SSSR count). The molecule has 1 saturated heterocycles. The number of nitrogens with one attached hydrogen (secondary N) is 1. The molecule has 108 valence electrons. The van der Waals surface area contributed by atoms with Gasteiger partial charge < -0.3 is 15.1 Å². The van der Waals surface area contributed by atoms with Gasteiger partial charge in [-0.2, -0.15) is 0 Å². The first kappa shape index (κ1) is 15.9. The quantitative estimate of drug-likeness (QED) is 0.717. The van der Waals surface area contributed by atoms with Crippen LogP contribution in [-0.2, 0) is 0 Å². The zero-order valence-electron chi connectivity index (χ0n) is 13.1. The van der Waals surface area contributed by atoms with Crippen LogP contribution in [0.5, 0.6) is 0 Å². The van der Waals surface area contributed by atoms with E-state index in [1.165, 1.54) is 45.2 Å². The molecule has 3 atom stereocenters. The Hall–Kier alpha value is -0.120. The van der Waals surface area contributed by atoms with Crippen LogP contribution in [0.1, 0.15) is 46.0 Å². The van der Waals surface area contributed by atoms with Crippen LogP contribution in [0.2, 0.25) is 0 Å². The minimum absolute atomic E-state index is 0.636. The van der Waals surface area contributed by atoms with Gasteiger partial charge in [-0.3, -0.25) is 0 Å². The molecule has 1 aliphatic rings. The van der Waals surface area contributed by atoms with Crippen molar-refractivity contribution in [2.24, 2.45) is 0 Å². The van der Waals surface area contributed by atoms with E-state index in [2.05, 4.69) is 50.1 Å². The van der Waals surface area contributed by atoms with E-state index in [0.717, 1.165) is 6.04 Å². The van der Waals surface area contributed by atoms with E-state index < -0.39 is 0 Å². The lowest BCUT2D eigenvalue weighted by atomic mass is 9.99. The maximum Gasteiger partial charge on any atom is 0.0244 e. The summed E-state index contributed by atoms with van der Waals surface area (Å²) in [7, 11) is 6.69. The molecular weight excluding hydrogens is 222 g/mol. The standard InChI is InChI=1S/C15H33N3/c1-6-9-14(16-3)15(7-2)18(5)12-13-10-8-11-17(13)4/h13-16H,6-12H2,1-5H3. The molecule has 3 nitrogen and oxygen atoms in total. The van der Waals surface area contributed by atoms with E-state index in [1.54, 1.807) is 0 Å². The van der Waals surface area contributed by atoms with Gasteiger partial charge in [0.1, 0.15) is 0 Å². The predicted molar refractivity (Wildman–Crippen MR) is 80.1 cm³/mol. The monoisotopic (exact) mass is 255 g/mol. The summed E-state index contributed by atoms with van der Waals surface area (Å²) in [6, 6.07) is 2.07. The summed E-state index contributed by atoms with van der Waals surface area (Å²) in [5.74, 6) is 0. The van der Waals surface area contributed by atoms with Crippen LogP contribution in [0.4, 0.5) is 0 Å².